The summed E-state index contributed by atoms with van der Waals surface area (Å²) in [5.74, 6) is 0.359. The molecule has 1 aromatic rings. The summed E-state index contributed by atoms with van der Waals surface area (Å²) < 4.78 is 11.7. The van der Waals surface area contributed by atoms with Gasteiger partial charge in [0.2, 0.25) is 0 Å². The van der Waals surface area contributed by atoms with Crippen LogP contribution in [0.5, 0.6) is 0 Å². The molecule has 0 radical (unpaired) electrons. The Balaban J connectivity index is 2.33. The van der Waals surface area contributed by atoms with Gasteiger partial charge in [-0.2, -0.15) is 0 Å². The molecule has 3 nitrogen and oxygen atoms in total. The van der Waals surface area contributed by atoms with E-state index < -0.39 is 6.16 Å². The van der Waals surface area contributed by atoms with Crippen molar-refractivity contribution in [3.63, 3.8) is 0 Å². The zero-order valence-electron chi connectivity index (χ0n) is 15.1. The molecule has 0 heterocycles. The normalized spacial score (nSPS) is 12.0. The molecule has 0 saturated heterocycles. The van der Waals surface area contributed by atoms with Gasteiger partial charge in [-0.3, -0.25) is 0 Å². The predicted octanol–water partition coefficient (Wildman–Crippen LogP) is 6.37. The number of hydrogen-bond donors (Lipinski definition) is 0. The monoisotopic (exact) mass is 446 g/mol. The lowest BCUT2D eigenvalue weighted by Gasteiger charge is -2.17. The van der Waals surface area contributed by atoms with Crippen LogP contribution >= 0.6 is 22.6 Å². The predicted molar refractivity (Wildman–Crippen MR) is 107 cm³/mol. The fourth-order valence-electron chi connectivity index (χ4n) is 2.60. The zero-order chi connectivity index (χ0) is 17.6. The standard InChI is InChI=1S/C20H31IO3/c1-3-5-7-8-14-23-20(22)24-16-18(9-6-4-2)15-17-10-12-19(21)13-11-17/h10-13,18H,3-9,14-16H2,1-2H3/t18-/m1/s1. The topological polar surface area (TPSA) is 35.5 Å². The molecule has 1 aromatic carbocycles. The molecule has 0 fully saturated rings. The van der Waals surface area contributed by atoms with Crippen molar-refractivity contribution in [2.45, 2.75) is 65.2 Å². The van der Waals surface area contributed by atoms with E-state index in [9.17, 15) is 4.79 Å². The van der Waals surface area contributed by atoms with Crippen LogP contribution in [0.2, 0.25) is 0 Å². The maximum Gasteiger partial charge on any atom is 0.508 e. The van der Waals surface area contributed by atoms with Crippen LogP contribution in [-0.4, -0.2) is 19.4 Å². The Morgan fingerprint density at radius 2 is 1.71 bits per heavy atom. The van der Waals surface area contributed by atoms with Gasteiger partial charge < -0.3 is 9.47 Å². The molecule has 24 heavy (non-hydrogen) atoms. The van der Waals surface area contributed by atoms with E-state index in [4.69, 9.17) is 9.47 Å². The molecular weight excluding hydrogens is 415 g/mol. The van der Waals surface area contributed by atoms with Gasteiger partial charge in [0.25, 0.3) is 0 Å². The highest BCUT2D eigenvalue weighted by molar-refractivity contribution is 14.1. The minimum atomic E-state index is -0.518. The first kappa shape index (κ1) is 21.3. The summed E-state index contributed by atoms with van der Waals surface area (Å²) in [4.78, 5) is 11.7. The summed E-state index contributed by atoms with van der Waals surface area (Å²) in [6.45, 7) is 5.27. The molecule has 136 valence electrons. The summed E-state index contributed by atoms with van der Waals surface area (Å²) in [6, 6.07) is 8.57. The lowest BCUT2D eigenvalue weighted by atomic mass is 9.95. The molecule has 0 bridgehead atoms. The average Bonchev–Trinajstić information content (AvgIpc) is 2.59. The second-order valence-corrected chi connectivity index (χ2v) is 7.55. The van der Waals surface area contributed by atoms with E-state index in [-0.39, 0.29) is 0 Å². The first-order valence-electron chi connectivity index (χ1n) is 9.19. The first-order valence-corrected chi connectivity index (χ1v) is 10.3. The van der Waals surface area contributed by atoms with Crippen LogP contribution in [0.3, 0.4) is 0 Å². The molecule has 1 atom stereocenters. The third-order valence-electron chi connectivity index (χ3n) is 4.06. The third-order valence-corrected chi connectivity index (χ3v) is 4.78. The number of carbonyl (C=O) groups is 1. The minimum Gasteiger partial charge on any atom is -0.434 e. The summed E-state index contributed by atoms with van der Waals surface area (Å²) in [6.07, 6.45) is 8.22. The first-order chi connectivity index (χ1) is 11.7. The van der Waals surface area contributed by atoms with E-state index >= 15 is 0 Å². The third kappa shape index (κ3) is 10.2. The van der Waals surface area contributed by atoms with E-state index in [1.165, 1.54) is 22.0 Å². The number of rotatable bonds is 12. The van der Waals surface area contributed by atoms with Crippen LogP contribution in [0.25, 0.3) is 0 Å². The summed E-state index contributed by atoms with van der Waals surface area (Å²) in [5, 5.41) is 0. The van der Waals surface area contributed by atoms with Gasteiger partial charge in [-0.05, 0) is 65.5 Å². The molecule has 0 aliphatic rings. The summed E-state index contributed by atoms with van der Waals surface area (Å²) in [7, 11) is 0. The second kappa shape index (κ2) is 13.5. The molecule has 0 aliphatic heterocycles. The fraction of sp³-hybridized carbons (Fsp3) is 0.650. The van der Waals surface area contributed by atoms with E-state index in [0.717, 1.165) is 38.5 Å². The molecule has 4 heteroatoms. The lowest BCUT2D eigenvalue weighted by Crippen LogP contribution is -2.17. The van der Waals surface area contributed by atoms with Gasteiger partial charge in [0.15, 0.2) is 0 Å². The van der Waals surface area contributed by atoms with Crippen LogP contribution in [0, 0.1) is 9.49 Å². The molecule has 0 aliphatic carbocycles. The van der Waals surface area contributed by atoms with Crippen molar-refractivity contribution in [2.24, 2.45) is 5.92 Å². The van der Waals surface area contributed by atoms with Crippen molar-refractivity contribution in [1.29, 1.82) is 0 Å². The highest BCUT2D eigenvalue weighted by atomic mass is 127. The quantitative estimate of drug-likeness (QED) is 0.213. The van der Waals surface area contributed by atoms with Crippen LogP contribution in [0.1, 0.15) is 64.4 Å². The molecular formula is C20H31IO3. The van der Waals surface area contributed by atoms with Crippen molar-refractivity contribution in [2.75, 3.05) is 13.2 Å². The van der Waals surface area contributed by atoms with Crippen LogP contribution in [0.15, 0.2) is 24.3 Å². The van der Waals surface area contributed by atoms with E-state index in [1.807, 2.05) is 0 Å². The van der Waals surface area contributed by atoms with E-state index in [0.29, 0.717) is 19.1 Å². The zero-order valence-corrected chi connectivity index (χ0v) is 17.2. The molecule has 0 spiro atoms. The maximum absolute atomic E-state index is 11.7. The van der Waals surface area contributed by atoms with Crippen molar-refractivity contribution in [3.8, 4) is 0 Å². The van der Waals surface area contributed by atoms with Gasteiger partial charge in [-0.1, -0.05) is 58.1 Å². The average molecular weight is 446 g/mol. The van der Waals surface area contributed by atoms with Crippen molar-refractivity contribution in [1.82, 2.24) is 0 Å². The Hall–Kier alpha value is -0.780. The number of benzene rings is 1. The number of unbranched alkanes of at least 4 members (excludes halogenated alkanes) is 4. The van der Waals surface area contributed by atoms with Gasteiger partial charge in [-0.15, -0.1) is 0 Å². The van der Waals surface area contributed by atoms with Gasteiger partial charge in [-0.25, -0.2) is 4.79 Å². The second-order valence-electron chi connectivity index (χ2n) is 6.31. The van der Waals surface area contributed by atoms with Crippen molar-refractivity contribution >= 4 is 28.7 Å². The Bertz CT molecular complexity index is 445. The molecule has 0 unspecified atom stereocenters. The molecule has 1 rings (SSSR count). The molecule has 0 N–H and O–H groups in total. The van der Waals surface area contributed by atoms with Crippen LogP contribution in [-0.2, 0) is 15.9 Å². The SMILES string of the molecule is CCCCCCOC(=O)OC[C@H](CCCC)Cc1ccc(I)cc1. The van der Waals surface area contributed by atoms with Crippen LogP contribution < -0.4 is 0 Å². The smallest absolute Gasteiger partial charge is 0.434 e. The minimum absolute atomic E-state index is 0.359. The van der Waals surface area contributed by atoms with Crippen molar-refractivity contribution < 1.29 is 14.3 Å². The highest BCUT2D eigenvalue weighted by Crippen LogP contribution is 2.17. The number of halogens is 1. The maximum atomic E-state index is 11.7. The van der Waals surface area contributed by atoms with Gasteiger partial charge in [0.05, 0.1) is 13.2 Å². The van der Waals surface area contributed by atoms with Crippen LogP contribution in [0.4, 0.5) is 4.79 Å². The van der Waals surface area contributed by atoms with E-state index in [2.05, 4.69) is 60.7 Å². The van der Waals surface area contributed by atoms with Gasteiger partial charge in [0.1, 0.15) is 0 Å². The largest absolute Gasteiger partial charge is 0.508 e. The summed E-state index contributed by atoms with van der Waals surface area (Å²) in [5.41, 5.74) is 1.30. The molecule has 0 aromatic heterocycles. The Morgan fingerprint density at radius 3 is 2.38 bits per heavy atom. The Labute approximate surface area is 160 Å². The summed E-state index contributed by atoms with van der Waals surface area (Å²) >= 11 is 2.31. The van der Waals surface area contributed by atoms with Crippen molar-refractivity contribution in [3.05, 3.63) is 33.4 Å². The van der Waals surface area contributed by atoms with Gasteiger partial charge >= 0.3 is 6.16 Å². The lowest BCUT2D eigenvalue weighted by molar-refractivity contribution is 0.0420. The Kier molecular flexibility index (Phi) is 12.0. The highest BCUT2D eigenvalue weighted by Gasteiger charge is 2.13. The molecule has 0 saturated carbocycles. The number of ether oxygens (including phenoxy) is 2. The molecule has 0 amide bonds. The fourth-order valence-corrected chi connectivity index (χ4v) is 2.96. The Morgan fingerprint density at radius 1 is 1.00 bits per heavy atom. The number of hydrogen-bond acceptors (Lipinski definition) is 3. The number of carbonyl (C=O) groups excluding carboxylic acids is 1. The van der Waals surface area contributed by atoms with Gasteiger partial charge in [0, 0.05) is 3.57 Å². The van der Waals surface area contributed by atoms with E-state index in [1.54, 1.807) is 0 Å².